The summed E-state index contributed by atoms with van der Waals surface area (Å²) in [6, 6.07) is 14.9. The molecule has 6 heteroatoms. The van der Waals surface area contributed by atoms with Gasteiger partial charge in [-0.15, -0.1) is 13.2 Å². The first-order chi connectivity index (χ1) is 11.4. The van der Waals surface area contributed by atoms with Crippen LogP contribution in [0.1, 0.15) is 5.82 Å². The molecule has 0 N–H and O–H groups in total. The van der Waals surface area contributed by atoms with Crippen molar-refractivity contribution in [2.45, 2.75) is 13.3 Å². The minimum Gasteiger partial charge on any atom is -0.405 e. The molecule has 0 atom stereocenters. The van der Waals surface area contributed by atoms with Gasteiger partial charge in [-0.05, 0) is 30.7 Å². The van der Waals surface area contributed by atoms with Crippen LogP contribution in [0.15, 0.2) is 60.8 Å². The summed E-state index contributed by atoms with van der Waals surface area (Å²) in [6.45, 7) is 1.78. The number of hydrogen-bond donors (Lipinski definition) is 0. The van der Waals surface area contributed by atoms with Crippen molar-refractivity contribution >= 4 is 0 Å². The second-order valence-corrected chi connectivity index (χ2v) is 5.11. The first-order valence-corrected chi connectivity index (χ1v) is 7.17. The molecular weight excluding hydrogens is 317 g/mol. The molecule has 0 fully saturated rings. The lowest BCUT2D eigenvalue weighted by atomic mass is 10.0. The molecule has 0 aliphatic rings. The summed E-state index contributed by atoms with van der Waals surface area (Å²) in [4.78, 5) is 8.38. The van der Waals surface area contributed by atoms with Crippen LogP contribution in [0.2, 0.25) is 0 Å². The fraction of sp³-hybridized carbons (Fsp3) is 0.111. The van der Waals surface area contributed by atoms with E-state index in [1.54, 1.807) is 49.5 Å². The van der Waals surface area contributed by atoms with Crippen molar-refractivity contribution in [3.63, 3.8) is 0 Å². The minimum absolute atomic E-state index is 0.235. The fourth-order valence-corrected chi connectivity index (χ4v) is 2.38. The average molecular weight is 330 g/mol. The monoisotopic (exact) mass is 330 g/mol. The Bertz CT molecular complexity index is 863. The highest BCUT2D eigenvalue weighted by atomic mass is 19.4. The maximum atomic E-state index is 12.6. The molecule has 24 heavy (non-hydrogen) atoms. The van der Waals surface area contributed by atoms with Crippen LogP contribution in [0.25, 0.3) is 22.4 Å². The maximum absolute atomic E-state index is 12.6. The molecule has 3 rings (SSSR count). The SMILES string of the molecule is Cc1nccc(-c2cccc(-c3ccccc3OC(F)(F)F)c2)n1. The average Bonchev–Trinajstić information content (AvgIpc) is 2.54. The minimum atomic E-state index is -4.74. The molecule has 1 heterocycles. The Labute approximate surface area is 136 Å². The highest BCUT2D eigenvalue weighted by molar-refractivity contribution is 5.75. The van der Waals surface area contributed by atoms with Gasteiger partial charge in [0.25, 0.3) is 0 Å². The van der Waals surface area contributed by atoms with E-state index in [0.29, 0.717) is 22.6 Å². The zero-order valence-corrected chi connectivity index (χ0v) is 12.7. The predicted molar refractivity (Wildman–Crippen MR) is 84.3 cm³/mol. The van der Waals surface area contributed by atoms with E-state index < -0.39 is 6.36 Å². The zero-order chi connectivity index (χ0) is 17.2. The lowest BCUT2D eigenvalue weighted by Gasteiger charge is -2.14. The van der Waals surface area contributed by atoms with Crippen molar-refractivity contribution in [3.05, 3.63) is 66.6 Å². The van der Waals surface area contributed by atoms with Gasteiger partial charge in [0.05, 0.1) is 5.69 Å². The van der Waals surface area contributed by atoms with Crippen LogP contribution in [-0.2, 0) is 0 Å². The molecular formula is C18H13F3N2O. The third-order valence-corrected chi connectivity index (χ3v) is 3.36. The summed E-state index contributed by atoms with van der Waals surface area (Å²) < 4.78 is 41.9. The predicted octanol–water partition coefficient (Wildman–Crippen LogP) is 5.02. The standard InChI is InChI=1S/C18H13F3N2O/c1-12-22-10-9-16(23-12)14-6-4-5-13(11-14)15-7-2-3-8-17(15)24-18(19,20)21/h2-11H,1H3. The van der Waals surface area contributed by atoms with E-state index in [0.717, 1.165) is 5.56 Å². The number of para-hydroxylation sites is 1. The highest BCUT2D eigenvalue weighted by Gasteiger charge is 2.32. The summed E-state index contributed by atoms with van der Waals surface area (Å²) in [5, 5.41) is 0. The number of hydrogen-bond acceptors (Lipinski definition) is 3. The van der Waals surface area contributed by atoms with Gasteiger partial charge in [0, 0.05) is 17.3 Å². The molecule has 0 unspecified atom stereocenters. The first kappa shape index (κ1) is 16.0. The largest absolute Gasteiger partial charge is 0.573 e. The van der Waals surface area contributed by atoms with Gasteiger partial charge < -0.3 is 4.74 Å². The van der Waals surface area contributed by atoms with Crippen LogP contribution in [0.3, 0.4) is 0 Å². The van der Waals surface area contributed by atoms with E-state index in [9.17, 15) is 13.2 Å². The van der Waals surface area contributed by atoms with Crippen LogP contribution in [-0.4, -0.2) is 16.3 Å². The van der Waals surface area contributed by atoms with Gasteiger partial charge in [-0.25, -0.2) is 9.97 Å². The Kier molecular flexibility index (Phi) is 4.20. The van der Waals surface area contributed by atoms with Gasteiger partial charge in [0.2, 0.25) is 0 Å². The van der Waals surface area contributed by atoms with Crippen molar-refractivity contribution < 1.29 is 17.9 Å². The summed E-state index contributed by atoms with van der Waals surface area (Å²) in [6.07, 6.45) is -3.09. The number of halogens is 3. The van der Waals surface area contributed by atoms with Gasteiger partial charge in [-0.2, -0.15) is 0 Å². The second kappa shape index (κ2) is 6.31. The van der Waals surface area contributed by atoms with Gasteiger partial charge in [0.1, 0.15) is 11.6 Å². The molecule has 3 aromatic rings. The van der Waals surface area contributed by atoms with E-state index >= 15 is 0 Å². The summed E-state index contributed by atoms with van der Waals surface area (Å²) in [5.74, 6) is 0.389. The number of aryl methyl sites for hydroxylation is 1. The summed E-state index contributed by atoms with van der Waals surface area (Å²) >= 11 is 0. The number of ether oxygens (including phenoxy) is 1. The van der Waals surface area contributed by atoms with E-state index in [1.165, 1.54) is 12.1 Å². The fourth-order valence-electron chi connectivity index (χ4n) is 2.38. The van der Waals surface area contributed by atoms with Crippen LogP contribution in [0, 0.1) is 6.92 Å². The Morgan fingerprint density at radius 3 is 2.42 bits per heavy atom. The number of rotatable bonds is 3. The van der Waals surface area contributed by atoms with Crippen molar-refractivity contribution in [2.24, 2.45) is 0 Å². The lowest BCUT2D eigenvalue weighted by molar-refractivity contribution is -0.274. The third-order valence-electron chi connectivity index (χ3n) is 3.36. The van der Waals surface area contributed by atoms with E-state index in [1.807, 2.05) is 6.07 Å². The van der Waals surface area contributed by atoms with Crippen molar-refractivity contribution in [2.75, 3.05) is 0 Å². The summed E-state index contributed by atoms with van der Waals surface area (Å²) in [5.41, 5.74) is 2.48. The summed E-state index contributed by atoms with van der Waals surface area (Å²) in [7, 11) is 0. The number of alkyl halides is 3. The Hall–Kier alpha value is -2.89. The Morgan fingerprint density at radius 1 is 0.917 bits per heavy atom. The quantitative estimate of drug-likeness (QED) is 0.676. The third kappa shape index (κ3) is 3.71. The molecule has 0 aliphatic heterocycles. The van der Waals surface area contributed by atoms with Crippen molar-refractivity contribution in [1.29, 1.82) is 0 Å². The molecule has 0 radical (unpaired) electrons. The first-order valence-electron chi connectivity index (χ1n) is 7.17. The molecule has 1 aromatic heterocycles. The normalized spacial score (nSPS) is 11.3. The molecule has 0 amide bonds. The van der Waals surface area contributed by atoms with E-state index in [-0.39, 0.29) is 5.75 Å². The zero-order valence-electron chi connectivity index (χ0n) is 12.7. The Morgan fingerprint density at radius 2 is 1.67 bits per heavy atom. The second-order valence-electron chi connectivity index (χ2n) is 5.11. The number of aromatic nitrogens is 2. The van der Waals surface area contributed by atoms with Gasteiger partial charge in [0.15, 0.2) is 0 Å². The molecule has 3 nitrogen and oxygen atoms in total. The van der Waals surface area contributed by atoms with Gasteiger partial charge in [-0.1, -0.05) is 36.4 Å². The van der Waals surface area contributed by atoms with Crippen LogP contribution in [0.4, 0.5) is 13.2 Å². The molecule has 0 aliphatic carbocycles. The number of benzene rings is 2. The van der Waals surface area contributed by atoms with Crippen LogP contribution in [0.5, 0.6) is 5.75 Å². The maximum Gasteiger partial charge on any atom is 0.573 e. The molecule has 122 valence electrons. The molecule has 0 spiro atoms. The number of nitrogens with zero attached hydrogens (tertiary/aromatic N) is 2. The topological polar surface area (TPSA) is 35.0 Å². The Balaban J connectivity index is 2.04. The molecule has 0 bridgehead atoms. The highest BCUT2D eigenvalue weighted by Crippen LogP contribution is 2.35. The van der Waals surface area contributed by atoms with E-state index in [4.69, 9.17) is 0 Å². The lowest BCUT2D eigenvalue weighted by Crippen LogP contribution is -2.17. The molecule has 2 aromatic carbocycles. The van der Waals surface area contributed by atoms with E-state index in [2.05, 4.69) is 14.7 Å². The van der Waals surface area contributed by atoms with Crippen molar-refractivity contribution in [3.8, 4) is 28.1 Å². The van der Waals surface area contributed by atoms with Crippen LogP contribution >= 0.6 is 0 Å². The smallest absolute Gasteiger partial charge is 0.405 e. The molecule has 0 saturated heterocycles. The van der Waals surface area contributed by atoms with Crippen LogP contribution < -0.4 is 4.74 Å². The van der Waals surface area contributed by atoms with Crippen molar-refractivity contribution in [1.82, 2.24) is 9.97 Å². The molecule has 0 saturated carbocycles. The van der Waals surface area contributed by atoms with Gasteiger partial charge in [-0.3, -0.25) is 0 Å². The van der Waals surface area contributed by atoms with Gasteiger partial charge >= 0.3 is 6.36 Å².